The normalized spacial score (nSPS) is 18.1. The van der Waals surface area contributed by atoms with E-state index in [-0.39, 0.29) is 18.0 Å². The van der Waals surface area contributed by atoms with Gasteiger partial charge in [0.05, 0.1) is 17.3 Å². The summed E-state index contributed by atoms with van der Waals surface area (Å²) < 4.78 is 82.3. The summed E-state index contributed by atoms with van der Waals surface area (Å²) in [6.45, 7) is -0.285. The fourth-order valence-corrected chi connectivity index (χ4v) is 3.14. The summed E-state index contributed by atoms with van der Waals surface area (Å²) in [5.41, 5.74) is -0.293. The van der Waals surface area contributed by atoms with Crippen LogP contribution in [0.2, 0.25) is 0 Å². The molecular weight excluding hydrogens is 444 g/mol. The number of amides is 3. The molecule has 2 atom stereocenters. The van der Waals surface area contributed by atoms with Crippen molar-refractivity contribution in [2.24, 2.45) is 0 Å². The molecule has 2 unspecified atom stereocenters. The maximum absolute atomic E-state index is 13.1. The summed E-state index contributed by atoms with van der Waals surface area (Å²) in [4.78, 5) is 23.9. The molecule has 3 rings (SSSR count). The Morgan fingerprint density at radius 2 is 1.72 bits per heavy atom. The molecule has 1 aliphatic heterocycles. The zero-order valence-electron chi connectivity index (χ0n) is 16.4. The minimum Gasteiger partial charge on any atom is -0.481 e. The molecule has 2 N–H and O–H groups in total. The molecular formula is C20H17F6N3O3. The van der Waals surface area contributed by atoms with Gasteiger partial charge in [-0.2, -0.15) is 26.3 Å². The van der Waals surface area contributed by atoms with Crippen LogP contribution in [-0.2, 0) is 11.0 Å². The number of likely N-dealkylation sites (N-methyl/N-ethyl adjacent to an activating group) is 1. The predicted octanol–water partition coefficient (Wildman–Crippen LogP) is 4.35. The number of alkyl halides is 6. The Morgan fingerprint density at radius 1 is 1.06 bits per heavy atom. The number of ether oxygens (including phenoxy) is 1. The number of halogens is 6. The molecule has 0 aliphatic carbocycles. The van der Waals surface area contributed by atoms with E-state index in [1.165, 1.54) is 5.32 Å². The highest BCUT2D eigenvalue weighted by Crippen LogP contribution is 2.41. The maximum Gasteiger partial charge on any atom is 0.471 e. The van der Waals surface area contributed by atoms with Gasteiger partial charge in [0.1, 0.15) is 11.9 Å². The van der Waals surface area contributed by atoms with E-state index in [2.05, 4.69) is 5.32 Å². The van der Waals surface area contributed by atoms with Crippen LogP contribution in [0.4, 0.5) is 36.8 Å². The molecule has 6 nitrogen and oxygen atoms in total. The van der Waals surface area contributed by atoms with Crippen molar-refractivity contribution in [2.45, 2.75) is 24.5 Å². The van der Waals surface area contributed by atoms with Crippen molar-refractivity contribution >= 4 is 17.6 Å². The molecule has 0 fully saturated rings. The number of rotatable bonds is 3. The van der Waals surface area contributed by atoms with E-state index in [0.29, 0.717) is 5.56 Å². The van der Waals surface area contributed by atoms with Gasteiger partial charge in [0.2, 0.25) is 0 Å². The van der Waals surface area contributed by atoms with Gasteiger partial charge in [-0.25, -0.2) is 4.79 Å². The molecule has 0 radical (unpaired) electrons. The molecule has 2 aromatic carbocycles. The third kappa shape index (κ3) is 5.24. The van der Waals surface area contributed by atoms with E-state index < -0.39 is 42.0 Å². The first-order valence-electron chi connectivity index (χ1n) is 9.19. The number of fused-ring (bicyclic) bond motifs is 1. The number of carbonyl (C=O) groups is 2. The maximum atomic E-state index is 13.1. The molecule has 1 heterocycles. The summed E-state index contributed by atoms with van der Waals surface area (Å²) in [7, 11) is 1.14. The highest BCUT2D eigenvalue weighted by Gasteiger charge is 2.41. The van der Waals surface area contributed by atoms with E-state index in [1.807, 2.05) is 0 Å². The zero-order valence-corrected chi connectivity index (χ0v) is 16.4. The van der Waals surface area contributed by atoms with Gasteiger partial charge in [0.15, 0.2) is 0 Å². The fourth-order valence-electron chi connectivity index (χ4n) is 3.14. The van der Waals surface area contributed by atoms with Crippen molar-refractivity contribution in [1.29, 1.82) is 0 Å². The monoisotopic (exact) mass is 461 g/mol. The molecule has 0 spiro atoms. The fraction of sp³-hybridized carbons (Fsp3) is 0.300. The van der Waals surface area contributed by atoms with Crippen LogP contribution in [-0.4, -0.2) is 42.6 Å². The molecule has 3 amide bonds. The second-order valence-electron chi connectivity index (χ2n) is 7.05. The minimum absolute atomic E-state index is 0.0113. The van der Waals surface area contributed by atoms with Crippen LogP contribution >= 0.6 is 0 Å². The van der Waals surface area contributed by atoms with Gasteiger partial charge in [0, 0.05) is 13.6 Å². The number of hydrogen-bond donors (Lipinski definition) is 2. The van der Waals surface area contributed by atoms with Crippen LogP contribution in [0.15, 0.2) is 48.5 Å². The zero-order chi connectivity index (χ0) is 23.7. The number of urea groups is 1. The van der Waals surface area contributed by atoms with Crippen LogP contribution in [0.25, 0.3) is 0 Å². The second-order valence-corrected chi connectivity index (χ2v) is 7.05. The van der Waals surface area contributed by atoms with E-state index in [4.69, 9.17) is 4.74 Å². The lowest BCUT2D eigenvalue weighted by atomic mass is 9.98. The lowest BCUT2D eigenvalue weighted by Crippen LogP contribution is -2.50. The first-order valence-corrected chi connectivity index (χ1v) is 9.19. The molecule has 172 valence electrons. The van der Waals surface area contributed by atoms with E-state index in [0.717, 1.165) is 30.1 Å². The lowest BCUT2D eigenvalue weighted by molar-refractivity contribution is -0.172. The molecule has 0 bridgehead atoms. The van der Waals surface area contributed by atoms with Crippen molar-refractivity contribution in [3.05, 3.63) is 59.7 Å². The Morgan fingerprint density at radius 3 is 2.31 bits per heavy atom. The number of anilines is 1. The molecule has 0 aromatic heterocycles. The van der Waals surface area contributed by atoms with E-state index >= 15 is 0 Å². The standard InChI is InChI=1S/C20H17F6N3O3/c1-29(18(31)28-17(30)20(24,25)26)10-14-16(11-5-3-2-4-6-11)32-15-8-7-12(19(21,22)23)9-13(15)27-14/h2-9,14,16,27H,10H2,1H3,(H,28,30,31). The van der Waals surface area contributed by atoms with Gasteiger partial charge < -0.3 is 15.0 Å². The van der Waals surface area contributed by atoms with Crippen molar-refractivity contribution in [2.75, 3.05) is 18.9 Å². The summed E-state index contributed by atoms with van der Waals surface area (Å²) >= 11 is 0. The van der Waals surface area contributed by atoms with Gasteiger partial charge in [-0.3, -0.25) is 10.1 Å². The minimum atomic E-state index is -5.25. The topological polar surface area (TPSA) is 70.7 Å². The number of benzene rings is 2. The predicted molar refractivity (Wildman–Crippen MR) is 101 cm³/mol. The Balaban J connectivity index is 1.86. The number of imide groups is 1. The van der Waals surface area contributed by atoms with Crippen LogP contribution in [0.5, 0.6) is 5.75 Å². The highest BCUT2D eigenvalue weighted by molar-refractivity contribution is 5.97. The number of hydrogen-bond acceptors (Lipinski definition) is 4. The third-order valence-electron chi connectivity index (χ3n) is 4.69. The molecule has 32 heavy (non-hydrogen) atoms. The van der Waals surface area contributed by atoms with E-state index in [1.54, 1.807) is 30.3 Å². The van der Waals surface area contributed by atoms with Crippen molar-refractivity contribution < 1.29 is 40.7 Å². The molecule has 12 heteroatoms. The second kappa shape index (κ2) is 8.60. The van der Waals surface area contributed by atoms with Crippen LogP contribution in [0.3, 0.4) is 0 Å². The van der Waals surface area contributed by atoms with Gasteiger partial charge >= 0.3 is 24.3 Å². The van der Waals surface area contributed by atoms with Crippen molar-refractivity contribution in [1.82, 2.24) is 10.2 Å². The number of carbonyl (C=O) groups excluding carboxylic acids is 2. The van der Waals surface area contributed by atoms with Gasteiger partial charge in [-0.15, -0.1) is 0 Å². The Labute approximate surface area is 178 Å². The number of nitrogens with zero attached hydrogens (tertiary/aromatic N) is 1. The van der Waals surface area contributed by atoms with Crippen molar-refractivity contribution in [3.8, 4) is 5.75 Å². The molecule has 2 aromatic rings. The van der Waals surface area contributed by atoms with Crippen LogP contribution < -0.4 is 15.4 Å². The average Bonchev–Trinajstić information content (AvgIpc) is 2.72. The SMILES string of the molecule is CN(CC1Nc2cc(C(F)(F)F)ccc2OC1c1ccccc1)C(=O)NC(=O)C(F)(F)F. The Hall–Kier alpha value is -3.44. The molecule has 0 saturated carbocycles. The molecule has 1 aliphatic rings. The Kier molecular flexibility index (Phi) is 6.24. The highest BCUT2D eigenvalue weighted by atomic mass is 19.4. The summed E-state index contributed by atoms with van der Waals surface area (Å²) in [5, 5.41) is 4.09. The molecule has 0 saturated heterocycles. The summed E-state index contributed by atoms with van der Waals surface area (Å²) in [5.74, 6) is -2.29. The Bertz CT molecular complexity index is 994. The van der Waals surface area contributed by atoms with Crippen LogP contribution in [0, 0.1) is 0 Å². The third-order valence-corrected chi connectivity index (χ3v) is 4.69. The average molecular weight is 461 g/mol. The summed E-state index contributed by atoms with van der Waals surface area (Å²) in [6, 6.07) is 9.25. The van der Waals surface area contributed by atoms with Crippen molar-refractivity contribution in [3.63, 3.8) is 0 Å². The van der Waals surface area contributed by atoms with Gasteiger partial charge in [-0.1, -0.05) is 30.3 Å². The lowest BCUT2D eigenvalue weighted by Gasteiger charge is -2.37. The first kappa shape index (κ1) is 23.2. The van der Waals surface area contributed by atoms with Gasteiger partial charge in [-0.05, 0) is 23.8 Å². The number of nitrogens with one attached hydrogen (secondary N) is 2. The quantitative estimate of drug-likeness (QED) is 0.667. The summed E-state index contributed by atoms with van der Waals surface area (Å²) in [6.07, 6.45) is -10.6. The first-order chi connectivity index (χ1) is 14.9. The van der Waals surface area contributed by atoms with Gasteiger partial charge in [0.25, 0.3) is 0 Å². The largest absolute Gasteiger partial charge is 0.481 e. The smallest absolute Gasteiger partial charge is 0.471 e. The van der Waals surface area contributed by atoms with Crippen LogP contribution in [0.1, 0.15) is 17.2 Å². The van der Waals surface area contributed by atoms with E-state index in [9.17, 15) is 35.9 Å².